The van der Waals surface area contributed by atoms with E-state index >= 15 is 0 Å². The van der Waals surface area contributed by atoms with Gasteiger partial charge >= 0.3 is 0 Å². The fourth-order valence-corrected chi connectivity index (χ4v) is 2.44. The van der Waals surface area contributed by atoms with Crippen LogP contribution in [0.25, 0.3) is 11.1 Å². The Bertz CT molecular complexity index is 544. The molecule has 1 saturated carbocycles. The van der Waals surface area contributed by atoms with E-state index in [9.17, 15) is 4.39 Å². The van der Waals surface area contributed by atoms with E-state index in [1.165, 1.54) is 6.07 Å². The third-order valence-electron chi connectivity index (χ3n) is 3.44. The van der Waals surface area contributed by atoms with Gasteiger partial charge in [-0.05, 0) is 37.0 Å². The predicted molar refractivity (Wildman–Crippen MR) is 74.4 cm³/mol. The second-order valence-corrected chi connectivity index (χ2v) is 4.83. The smallest absolute Gasteiger partial charge is 0.134 e. The van der Waals surface area contributed by atoms with Gasteiger partial charge in [0.2, 0.25) is 0 Å². The fourth-order valence-electron chi connectivity index (χ4n) is 2.44. The molecular weight excluding hydrogens is 239 g/mol. The number of halogens is 1. The number of ether oxygens (including phenoxy) is 1. The van der Waals surface area contributed by atoms with E-state index in [1.807, 2.05) is 36.4 Å². The average molecular weight is 255 g/mol. The fraction of sp³-hybridized carbons (Fsp3) is 0.235. The Kier molecular flexibility index (Phi) is 3.49. The standard InChI is InChI=1S/C17H16FO/c18-17-12-15(19-14-8-4-5-9-14)10-11-16(17)13-6-2-1-3-7-13/h1-3,6-8,10-12,14H,4-5,9H2. The summed E-state index contributed by atoms with van der Waals surface area (Å²) in [6, 6.07) is 14.7. The topological polar surface area (TPSA) is 9.23 Å². The van der Waals surface area contributed by atoms with Crippen molar-refractivity contribution in [3.05, 3.63) is 60.8 Å². The maximum Gasteiger partial charge on any atom is 0.134 e. The van der Waals surface area contributed by atoms with Crippen molar-refractivity contribution in [1.29, 1.82) is 0 Å². The summed E-state index contributed by atoms with van der Waals surface area (Å²) < 4.78 is 19.9. The molecule has 0 bridgehead atoms. The van der Waals surface area contributed by atoms with Crippen LogP contribution >= 0.6 is 0 Å². The van der Waals surface area contributed by atoms with Gasteiger partial charge in [0.05, 0.1) is 0 Å². The van der Waals surface area contributed by atoms with Crippen molar-refractivity contribution in [2.45, 2.75) is 25.4 Å². The van der Waals surface area contributed by atoms with Crippen molar-refractivity contribution in [2.24, 2.45) is 0 Å². The zero-order chi connectivity index (χ0) is 13.1. The Morgan fingerprint density at radius 3 is 2.58 bits per heavy atom. The maximum atomic E-state index is 14.1. The lowest BCUT2D eigenvalue weighted by atomic mass is 10.1. The molecule has 0 spiro atoms. The lowest BCUT2D eigenvalue weighted by Gasteiger charge is -2.13. The van der Waals surface area contributed by atoms with Gasteiger partial charge in [0.15, 0.2) is 0 Å². The van der Waals surface area contributed by atoms with E-state index in [2.05, 4.69) is 6.42 Å². The molecule has 2 aromatic rings. The Balaban J connectivity index is 1.81. The summed E-state index contributed by atoms with van der Waals surface area (Å²) in [5.41, 5.74) is 1.50. The molecule has 2 aromatic carbocycles. The zero-order valence-corrected chi connectivity index (χ0v) is 10.7. The molecule has 0 heterocycles. The minimum absolute atomic E-state index is 0.141. The summed E-state index contributed by atoms with van der Waals surface area (Å²) in [6.45, 7) is 0. The molecule has 1 radical (unpaired) electrons. The van der Waals surface area contributed by atoms with Crippen LogP contribution in [-0.4, -0.2) is 6.10 Å². The summed E-state index contributed by atoms with van der Waals surface area (Å²) in [5.74, 6) is 0.377. The van der Waals surface area contributed by atoms with E-state index in [-0.39, 0.29) is 11.9 Å². The maximum absolute atomic E-state index is 14.1. The lowest BCUT2D eigenvalue weighted by Crippen LogP contribution is -2.11. The second-order valence-electron chi connectivity index (χ2n) is 4.83. The van der Waals surface area contributed by atoms with E-state index in [0.29, 0.717) is 11.3 Å². The quantitative estimate of drug-likeness (QED) is 0.777. The number of hydrogen-bond acceptors (Lipinski definition) is 1. The van der Waals surface area contributed by atoms with Crippen molar-refractivity contribution in [2.75, 3.05) is 0 Å². The highest BCUT2D eigenvalue weighted by molar-refractivity contribution is 5.64. The largest absolute Gasteiger partial charge is 0.490 e. The van der Waals surface area contributed by atoms with Gasteiger partial charge in [-0.3, -0.25) is 0 Å². The first-order valence-corrected chi connectivity index (χ1v) is 6.68. The molecule has 1 nitrogen and oxygen atoms in total. The van der Waals surface area contributed by atoms with Crippen LogP contribution in [0.5, 0.6) is 5.75 Å². The summed E-state index contributed by atoms with van der Waals surface area (Å²) in [4.78, 5) is 0. The molecule has 0 amide bonds. The molecule has 1 atom stereocenters. The third-order valence-corrected chi connectivity index (χ3v) is 3.44. The highest BCUT2D eigenvalue weighted by Gasteiger charge is 2.17. The number of rotatable bonds is 3. The molecule has 1 fully saturated rings. The van der Waals surface area contributed by atoms with Crippen LogP contribution in [0.1, 0.15) is 19.3 Å². The van der Waals surface area contributed by atoms with Gasteiger partial charge in [0, 0.05) is 18.1 Å². The minimum atomic E-state index is -0.235. The van der Waals surface area contributed by atoms with Gasteiger partial charge in [-0.1, -0.05) is 30.3 Å². The van der Waals surface area contributed by atoms with Crippen molar-refractivity contribution in [3.8, 4) is 16.9 Å². The monoisotopic (exact) mass is 255 g/mol. The van der Waals surface area contributed by atoms with Gasteiger partial charge in [-0.25, -0.2) is 4.39 Å². The lowest BCUT2D eigenvalue weighted by molar-refractivity contribution is 0.240. The molecule has 3 rings (SSSR count). The Labute approximate surface area is 113 Å². The molecular formula is C17H16FO. The molecule has 0 aliphatic heterocycles. The van der Waals surface area contributed by atoms with Crippen LogP contribution in [0.15, 0.2) is 48.5 Å². The number of hydrogen-bond donors (Lipinski definition) is 0. The summed E-state index contributed by atoms with van der Waals surface area (Å²) in [6.07, 6.45) is 5.58. The minimum Gasteiger partial charge on any atom is -0.490 e. The van der Waals surface area contributed by atoms with Crippen LogP contribution in [0.3, 0.4) is 0 Å². The molecule has 0 N–H and O–H groups in total. The first-order valence-electron chi connectivity index (χ1n) is 6.68. The van der Waals surface area contributed by atoms with Gasteiger partial charge < -0.3 is 4.74 Å². The average Bonchev–Trinajstić information content (AvgIpc) is 2.93. The van der Waals surface area contributed by atoms with Crippen LogP contribution in [0.4, 0.5) is 4.39 Å². The third kappa shape index (κ3) is 2.78. The molecule has 2 heteroatoms. The van der Waals surface area contributed by atoms with Crippen LogP contribution in [-0.2, 0) is 0 Å². The molecule has 1 unspecified atom stereocenters. The molecule has 0 saturated heterocycles. The van der Waals surface area contributed by atoms with Gasteiger partial charge in [0.1, 0.15) is 17.7 Å². The summed E-state index contributed by atoms with van der Waals surface area (Å²) in [7, 11) is 0. The summed E-state index contributed by atoms with van der Waals surface area (Å²) >= 11 is 0. The van der Waals surface area contributed by atoms with E-state index in [0.717, 1.165) is 24.8 Å². The zero-order valence-electron chi connectivity index (χ0n) is 10.7. The van der Waals surface area contributed by atoms with E-state index in [4.69, 9.17) is 4.74 Å². The Morgan fingerprint density at radius 2 is 1.89 bits per heavy atom. The van der Waals surface area contributed by atoms with Gasteiger partial charge in [-0.2, -0.15) is 0 Å². The SMILES string of the molecule is Fc1cc(OC2[CH]CCC2)ccc1-c1ccccc1. The van der Waals surface area contributed by atoms with Crippen molar-refractivity contribution < 1.29 is 9.13 Å². The summed E-state index contributed by atoms with van der Waals surface area (Å²) in [5, 5.41) is 0. The predicted octanol–water partition coefficient (Wildman–Crippen LogP) is 4.63. The van der Waals surface area contributed by atoms with Crippen molar-refractivity contribution in [3.63, 3.8) is 0 Å². The van der Waals surface area contributed by atoms with Gasteiger partial charge in [-0.15, -0.1) is 0 Å². The van der Waals surface area contributed by atoms with Crippen LogP contribution < -0.4 is 4.74 Å². The molecule has 97 valence electrons. The Hall–Kier alpha value is -1.83. The van der Waals surface area contributed by atoms with Crippen molar-refractivity contribution in [1.82, 2.24) is 0 Å². The second kappa shape index (κ2) is 5.43. The van der Waals surface area contributed by atoms with Crippen molar-refractivity contribution >= 4 is 0 Å². The number of benzene rings is 2. The molecule has 1 aliphatic rings. The van der Waals surface area contributed by atoms with E-state index < -0.39 is 0 Å². The highest BCUT2D eigenvalue weighted by atomic mass is 19.1. The van der Waals surface area contributed by atoms with Crippen LogP contribution in [0, 0.1) is 12.2 Å². The molecule has 0 aromatic heterocycles. The van der Waals surface area contributed by atoms with Gasteiger partial charge in [0.25, 0.3) is 0 Å². The molecule has 19 heavy (non-hydrogen) atoms. The normalized spacial score (nSPS) is 15.6. The Morgan fingerprint density at radius 1 is 1.05 bits per heavy atom. The highest BCUT2D eigenvalue weighted by Crippen LogP contribution is 2.28. The first kappa shape index (κ1) is 12.2. The van der Waals surface area contributed by atoms with Crippen LogP contribution in [0.2, 0.25) is 0 Å². The molecule has 1 aliphatic carbocycles. The first-order chi connectivity index (χ1) is 9.33. The van der Waals surface area contributed by atoms with E-state index in [1.54, 1.807) is 6.07 Å².